The van der Waals surface area contributed by atoms with Crippen LogP contribution in [0.3, 0.4) is 0 Å². The molecular formula is C20H24N2O2S. The molecule has 1 saturated carbocycles. The Morgan fingerprint density at radius 3 is 2.56 bits per heavy atom. The van der Waals surface area contributed by atoms with E-state index in [1.807, 2.05) is 47.4 Å². The molecule has 25 heavy (non-hydrogen) atoms. The normalized spacial score (nSPS) is 14.8. The van der Waals surface area contributed by atoms with Gasteiger partial charge in [0.05, 0.1) is 9.88 Å². The highest BCUT2D eigenvalue weighted by molar-refractivity contribution is 7.18. The summed E-state index contributed by atoms with van der Waals surface area (Å²) in [6, 6.07) is 13.8. The zero-order valence-electron chi connectivity index (χ0n) is 14.7. The molecule has 1 heterocycles. The second kappa shape index (κ2) is 7.83. The van der Waals surface area contributed by atoms with E-state index >= 15 is 0 Å². The summed E-state index contributed by atoms with van der Waals surface area (Å²) in [5.41, 5.74) is 1.12. The summed E-state index contributed by atoms with van der Waals surface area (Å²) in [6.07, 6.45) is 2.85. The van der Waals surface area contributed by atoms with Crippen molar-refractivity contribution < 1.29 is 9.59 Å². The molecule has 1 aliphatic carbocycles. The maximum absolute atomic E-state index is 13.0. The number of hydrogen-bond acceptors (Lipinski definition) is 3. The number of rotatable bonds is 7. The number of nitrogens with zero attached hydrogens (tertiary/aromatic N) is 1. The van der Waals surface area contributed by atoms with Gasteiger partial charge in [-0.3, -0.25) is 9.59 Å². The van der Waals surface area contributed by atoms with Crippen molar-refractivity contribution in [3.63, 3.8) is 0 Å². The Bertz CT molecular complexity index is 737. The lowest BCUT2D eigenvalue weighted by Crippen LogP contribution is -2.37. The van der Waals surface area contributed by atoms with Gasteiger partial charge in [-0.1, -0.05) is 37.3 Å². The van der Waals surface area contributed by atoms with Crippen molar-refractivity contribution >= 4 is 28.2 Å². The Balaban J connectivity index is 1.72. The standard InChI is InChI=1S/C20H24N2O2S/c1-3-14(2)22(13-15-7-5-4-6-8-15)20(24)17-11-12-18(25-17)21-19(23)16-9-10-16/h4-8,11-12,14,16H,3,9-10,13H2,1-2H3,(H,21,23). The van der Waals surface area contributed by atoms with Crippen molar-refractivity contribution in [2.24, 2.45) is 5.92 Å². The number of amides is 2. The maximum Gasteiger partial charge on any atom is 0.264 e. The van der Waals surface area contributed by atoms with Crippen molar-refractivity contribution in [3.8, 4) is 0 Å². The molecule has 0 aliphatic heterocycles. The summed E-state index contributed by atoms with van der Waals surface area (Å²) < 4.78 is 0. The van der Waals surface area contributed by atoms with E-state index in [4.69, 9.17) is 0 Å². The molecule has 4 nitrogen and oxygen atoms in total. The van der Waals surface area contributed by atoms with Crippen molar-refractivity contribution in [1.29, 1.82) is 0 Å². The van der Waals surface area contributed by atoms with Crippen molar-refractivity contribution in [3.05, 3.63) is 52.9 Å². The first-order chi connectivity index (χ1) is 12.1. The average Bonchev–Trinajstić information content (AvgIpc) is 3.39. The first kappa shape index (κ1) is 17.7. The highest BCUT2D eigenvalue weighted by Crippen LogP contribution is 2.32. The van der Waals surface area contributed by atoms with Gasteiger partial charge in [-0.15, -0.1) is 11.3 Å². The van der Waals surface area contributed by atoms with Crippen LogP contribution in [0.1, 0.15) is 48.3 Å². The fraction of sp³-hybridized carbons (Fsp3) is 0.400. The van der Waals surface area contributed by atoms with Crippen molar-refractivity contribution in [2.75, 3.05) is 5.32 Å². The van der Waals surface area contributed by atoms with Crippen LogP contribution < -0.4 is 5.32 Å². The number of thiophene rings is 1. The van der Waals surface area contributed by atoms with Gasteiger partial charge >= 0.3 is 0 Å². The van der Waals surface area contributed by atoms with Gasteiger partial charge in [0.2, 0.25) is 5.91 Å². The van der Waals surface area contributed by atoms with E-state index in [-0.39, 0.29) is 23.8 Å². The first-order valence-electron chi connectivity index (χ1n) is 8.84. The molecule has 0 spiro atoms. The van der Waals surface area contributed by atoms with Gasteiger partial charge in [0.15, 0.2) is 0 Å². The quantitative estimate of drug-likeness (QED) is 0.792. The molecule has 1 aliphatic rings. The minimum absolute atomic E-state index is 0.0233. The van der Waals surface area contributed by atoms with Crippen LogP contribution in [-0.2, 0) is 11.3 Å². The lowest BCUT2D eigenvalue weighted by molar-refractivity contribution is -0.117. The highest BCUT2D eigenvalue weighted by atomic mass is 32.1. The monoisotopic (exact) mass is 356 g/mol. The maximum atomic E-state index is 13.0. The molecule has 1 unspecified atom stereocenters. The predicted octanol–water partition coefficient (Wildman–Crippen LogP) is 4.54. The summed E-state index contributed by atoms with van der Waals surface area (Å²) in [4.78, 5) is 27.5. The summed E-state index contributed by atoms with van der Waals surface area (Å²) in [5.74, 6) is 0.259. The number of anilines is 1. The van der Waals surface area contributed by atoms with Crippen LogP contribution in [0.4, 0.5) is 5.00 Å². The Morgan fingerprint density at radius 2 is 1.92 bits per heavy atom. The number of benzene rings is 1. The Labute approximate surface area is 152 Å². The zero-order valence-corrected chi connectivity index (χ0v) is 15.5. The molecule has 0 radical (unpaired) electrons. The topological polar surface area (TPSA) is 49.4 Å². The van der Waals surface area contributed by atoms with E-state index in [1.165, 1.54) is 11.3 Å². The number of carbonyl (C=O) groups is 2. The van der Waals surface area contributed by atoms with E-state index < -0.39 is 0 Å². The predicted molar refractivity (Wildman–Crippen MR) is 102 cm³/mol. The largest absolute Gasteiger partial charge is 0.331 e. The van der Waals surface area contributed by atoms with Crippen LogP contribution in [0.5, 0.6) is 0 Å². The van der Waals surface area contributed by atoms with Crippen LogP contribution in [0.2, 0.25) is 0 Å². The molecule has 0 saturated heterocycles. The average molecular weight is 356 g/mol. The number of hydrogen-bond donors (Lipinski definition) is 1. The van der Waals surface area contributed by atoms with Gasteiger partial charge < -0.3 is 10.2 Å². The summed E-state index contributed by atoms with van der Waals surface area (Å²) in [7, 11) is 0. The Morgan fingerprint density at radius 1 is 1.20 bits per heavy atom. The van der Waals surface area contributed by atoms with E-state index in [0.29, 0.717) is 11.4 Å². The molecule has 132 valence electrons. The fourth-order valence-corrected chi connectivity index (χ4v) is 3.52. The lowest BCUT2D eigenvalue weighted by Gasteiger charge is -2.28. The van der Waals surface area contributed by atoms with Crippen molar-refractivity contribution in [2.45, 2.75) is 45.7 Å². The molecule has 2 amide bonds. The SMILES string of the molecule is CCC(C)N(Cc1ccccc1)C(=O)c1ccc(NC(=O)C2CC2)s1. The second-order valence-electron chi connectivity index (χ2n) is 6.60. The summed E-state index contributed by atoms with van der Waals surface area (Å²) in [5, 5.41) is 3.67. The molecule has 1 aromatic heterocycles. The van der Waals surface area contributed by atoms with Crippen LogP contribution in [-0.4, -0.2) is 22.8 Å². The molecule has 1 fully saturated rings. The van der Waals surface area contributed by atoms with E-state index in [0.717, 1.165) is 29.8 Å². The Kier molecular flexibility index (Phi) is 5.53. The summed E-state index contributed by atoms with van der Waals surface area (Å²) >= 11 is 1.36. The fourth-order valence-electron chi connectivity index (χ4n) is 2.66. The van der Waals surface area contributed by atoms with Crippen LogP contribution in [0.25, 0.3) is 0 Å². The number of carbonyl (C=O) groups excluding carboxylic acids is 2. The first-order valence-corrected chi connectivity index (χ1v) is 9.65. The minimum Gasteiger partial charge on any atom is -0.331 e. The molecule has 3 rings (SSSR count). The lowest BCUT2D eigenvalue weighted by atomic mass is 10.1. The molecule has 1 aromatic carbocycles. The molecular weight excluding hydrogens is 332 g/mol. The van der Waals surface area contributed by atoms with Gasteiger partial charge in [-0.05, 0) is 43.9 Å². The molecule has 1 atom stereocenters. The molecule has 5 heteroatoms. The van der Waals surface area contributed by atoms with Crippen LogP contribution in [0.15, 0.2) is 42.5 Å². The van der Waals surface area contributed by atoms with E-state index in [2.05, 4.69) is 19.2 Å². The summed E-state index contributed by atoms with van der Waals surface area (Å²) in [6.45, 7) is 4.76. The molecule has 1 N–H and O–H groups in total. The van der Waals surface area contributed by atoms with Crippen LogP contribution >= 0.6 is 11.3 Å². The van der Waals surface area contributed by atoms with Crippen molar-refractivity contribution in [1.82, 2.24) is 4.90 Å². The van der Waals surface area contributed by atoms with Gasteiger partial charge in [-0.25, -0.2) is 0 Å². The zero-order chi connectivity index (χ0) is 17.8. The second-order valence-corrected chi connectivity index (χ2v) is 7.69. The molecule has 2 aromatic rings. The van der Waals surface area contributed by atoms with Gasteiger partial charge in [-0.2, -0.15) is 0 Å². The van der Waals surface area contributed by atoms with E-state index in [9.17, 15) is 9.59 Å². The van der Waals surface area contributed by atoms with Crippen LogP contribution in [0, 0.1) is 5.92 Å². The third-order valence-electron chi connectivity index (χ3n) is 4.59. The Hall–Kier alpha value is -2.14. The smallest absolute Gasteiger partial charge is 0.264 e. The number of nitrogens with one attached hydrogen (secondary N) is 1. The third kappa shape index (κ3) is 4.48. The van der Waals surface area contributed by atoms with Gasteiger partial charge in [0.25, 0.3) is 5.91 Å². The molecule has 0 bridgehead atoms. The minimum atomic E-state index is 0.0233. The third-order valence-corrected chi connectivity index (χ3v) is 5.58. The van der Waals surface area contributed by atoms with Gasteiger partial charge in [0.1, 0.15) is 0 Å². The van der Waals surface area contributed by atoms with E-state index in [1.54, 1.807) is 0 Å². The van der Waals surface area contributed by atoms with Gasteiger partial charge in [0, 0.05) is 18.5 Å². The highest BCUT2D eigenvalue weighted by Gasteiger charge is 2.30.